The van der Waals surface area contributed by atoms with E-state index in [4.69, 9.17) is 5.73 Å². The monoisotopic (exact) mass is 271 g/mol. The van der Waals surface area contributed by atoms with Gasteiger partial charge in [0.2, 0.25) is 0 Å². The molecular weight excluding hydrogens is 254 g/mol. The lowest BCUT2D eigenvalue weighted by molar-refractivity contribution is 0.761. The molecule has 0 saturated carbocycles. The summed E-state index contributed by atoms with van der Waals surface area (Å²) in [7, 11) is 0. The molecule has 19 heavy (non-hydrogen) atoms. The average molecular weight is 271 g/mol. The minimum absolute atomic E-state index is 0.554. The van der Waals surface area contributed by atoms with Crippen molar-refractivity contribution in [1.82, 2.24) is 9.55 Å². The molecule has 0 atom stereocenters. The van der Waals surface area contributed by atoms with Crippen LogP contribution in [0.15, 0.2) is 30.3 Å². The van der Waals surface area contributed by atoms with Crippen LogP contribution in [0.2, 0.25) is 0 Å². The van der Waals surface area contributed by atoms with E-state index in [0.29, 0.717) is 6.54 Å². The van der Waals surface area contributed by atoms with Gasteiger partial charge in [0, 0.05) is 22.6 Å². The minimum atomic E-state index is 0.554. The first-order valence-electron chi connectivity index (χ1n) is 6.39. The van der Waals surface area contributed by atoms with Crippen molar-refractivity contribution < 1.29 is 0 Å². The summed E-state index contributed by atoms with van der Waals surface area (Å²) in [5.74, 6) is 0. The lowest BCUT2D eigenvalue weighted by Crippen LogP contribution is -2.08. The molecule has 3 nitrogen and oxygen atoms in total. The molecule has 3 aromatic rings. The first-order chi connectivity index (χ1) is 9.19. The molecule has 1 aromatic carbocycles. The van der Waals surface area contributed by atoms with E-state index in [9.17, 15) is 0 Å². The number of aryl methyl sites for hydroxylation is 2. The minimum Gasteiger partial charge on any atom is -0.336 e. The van der Waals surface area contributed by atoms with E-state index in [-0.39, 0.29) is 0 Å². The smallest absolute Gasteiger partial charge is 0.113 e. The summed E-state index contributed by atoms with van der Waals surface area (Å²) in [6, 6.07) is 10.6. The number of fused-ring (bicyclic) bond motifs is 1. The Labute approximate surface area is 116 Å². The van der Waals surface area contributed by atoms with Crippen LogP contribution in [0, 0.1) is 13.8 Å². The zero-order chi connectivity index (χ0) is 13.4. The molecule has 3 rings (SSSR count). The van der Waals surface area contributed by atoms with E-state index in [1.165, 1.54) is 15.8 Å². The largest absolute Gasteiger partial charge is 0.336 e. The van der Waals surface area contributed by atoms with Crippen molar-refractivity contribution >= 4 is 22.2 Å². The van der Waals surface area contributed by atoms with Crippen molar-refractivity contribution in [2.45, 2.75) is 26.9 Å². The predicted molar refractivity (Wildman–Crippen MR) is 80.5 cm³/mol. The van der Waals surface area contributed by atoms with Crippen LogP contribution in [-0.2, 0) is 13.1 Å². The van der Waals surface area contributed by atoms with Gasteiger partial charge in [-0.25, -0.2) is 4.98 Å². The van der Waals surface area contributed by atoms with Gasteiger partial charge in [0.1, 0.15) is 5.01 Å². The molecule has 0 radical (unpaired) electrons. The molecule has 0 aliphatic carbocycles. The van der Waals surface area contributed by atoms with Gasteiger partial charge in [-0.15, -0.1) is 11.3 Å². The second-order valence-corrected chi connectivity index (χ2v) is 6.02. The zero-order valence-corrected chi connectivity index (χ0v) is 12.0. The summed E-state index contributed by atoms with van der Waals surface area (Å²) in [6.07, 6.45) is 0. The number of thiazole rings is 1. The van der Waals surface area contributed by atoms with E-state index >= 15 is 0 Å². The summed E-state index contributed by atoms with van der Waals surface area (Å²) in [6.45, 7) is 5.54. The molecule has 0 amide bonds. The fraction of sp³-hybridized carbons (Fsp3) is 0.267. The summed E-state index contributed by atoms with van der Waals surface area (Å²) in [4.78, 5) is 5.92. The van der Waals surface area contributed by atoms with Crippen LogP contribution in [0.25, 0.3) is 10.9 Å². The van der Waals surface area contributed by atoms with E-state index in [0.717, 1.165) is 22.9 Å². The molecule has 2 heterocycles. The number of aromatic nitrogens is 2. The van der Waals surface area contributed by atoms with E-state index in [1.54, 1.807) is 11.3 Å². The Morgan fingerprint density at radius 1 is 1.26 bits per heavy atom. The van der Waals surface area contributed by atoms with Crippen LogP contribution in [0.1, 0.15) is 21.3 Å². The average Bonchev–Trinajstić information content (AvgIpc) is 2.92. The zero-order valence-electron chi connectivity index (χ0n) is 11.2. The van der Waals surface area contributed by atoms with Gasteiger partial charge in [-0.1, -0.05) is 18.2 Å². The fourth-order valence-electron chi connectivity index (χ4n) is 2.37. The molecule has 98 valence electrons. The Kier molecular flexibility index (Phi) is 3.12. The SMILES string of the molecule is Cc1nc(Cn2c(CN)cc3ccccc32)sc1C. The van der Waals surface area contributed by atoms with Crippen molar-refractivity contribution in [3.63, 3.8) is 0 Å². The van der Waals surface area contributed by atoms with Gasteiger partial charge in [0.25, 0.3) is 0 Å². The number of nitrogens with zero attached hydrogens (tertiary/aromatic N) is 2. The topological polar surface area (TPSA) is 43.8 Å². The normalized spacial score (nSPS) is 11.3. The molecule has 2 N–H and O–H groups in total. The summed E-state index contributed by atoms with van der Waals surface area (Å²) < 4.78 is 2.27. The Morgan fingerprint density at radius 2 is 2.05 bits per heavy atom. The molecule has 4 heteroatoms. The van der Waals surface area contributed by atoms with Gasteiger partial charge in [0.15, 0.2) is 0 Å². The standard InChI is InChI=1S/C15H17N3S/c1-10-11(2)19-15(17-10)9-18-13(8-16)7-12-5-3-4-6-14(12)18/h3-7H,8-9,16H2,1-2H3. The fourth-order valence-corrected chi connectivity index (χ4v) is 3.29. The van der Waals surface area contributed by atoms with Gasteiger partial charge < -0.3 is 10.3 Å². The third-order valence-corrected chi connectivity index (χ3v) is 4.53. The first-order valence-corrected chi connectivity index (χ1v) is 7.21. The molecule has 0 unspecified atom stereocenters. The van der Waals surface area contributed by atoms with Crippen molar-refractivity contribution in [3.05, 3.63) is 51.6 Å². The van der Waals surface area contributed by atoms with Crippen LogP contribution in [0.5, 0.6) is 0 Å². The second-order valence-electron chi connectivity index (χ2n) is 4.73. The molecule has 0 saturated heterocycles. The van der Waals surface area contributed by atoms with Crippen LogP contribution in [0.4, 0.5) is 0 Å². The van der Waals surface area contributed by atoms with Crippen LogP contribution in [0.3, 0.4) is 0 Å². The maximum atomic E-state index is 5.87. The third kappa shape index (κ3) is 2.17. The van der Waals surface area contributed by atoms with Crippen molar-refractivity contribution in [1.29, 1.82) is 0 Å². The Balaban J connectivity index is 2.08. The van der Waals surface area contributed by atoms with Gasteiger partial charge in [0.05, 0.1) is 12.2 Å². The quantitative estimate of drug-likeness (QED) is 0.795. The van der Waals surface area contributed by atoms with Crippen LogP contribution < -0.4 is 5.73 Å². The van der Waals surface area contributed by atoms with E-state index in [1.807, 2.05) is 0 Å². The number of hydrogen-bond donors (Lipinski definition) is 1. The first kappa shape index (κ1) is 12.4. The van der Waals surface area contributed by atoms with Crippen molar-refractivity contribution in [3.8, 4) is 0 Å². The molecule has 0 bridgehead atoms. The predicted octanol–water partition coefficient (Wildman–Crippen LogP) is 3.22. The summed E-state index contributed by atoms with van der Waals surface area (Å²) >= 11 is 1.77. The van der Waals surface area contributed by atoms with Gasteiger partial charge in [-0.05, 0) is 31.4 Å². The Bertz CT molecular complexity index is 705. The molecular formula is C15H17N3S. The van der Waals surface area contributed by atoms with Gasteiger partial charge in [-0.2, -0.15) is 0 Å². The summed E-state index contributed by atoms with van der Waals surface area (Å²) in [5, 5.41) is 2.39. The maximum absolute atomic E-state index is 5.87. The molecule has 0 aliphatic rings. The number of benzene rings is 1. The summed E-state index contributed by atoms with van der Waals surface area (Å²) in [5.41, 5.74) is 9.38. The highest BCUT2D eigenvalue weighted by atomic mass is 32.1. The van der Waals surface area contributed by atoms with Crippen molar-refractivity contribution in [2.75, 3.05) is 0 Å². The Hall–Kier alpha value is -1.65. The Morgan fingerprint density at radius 3 is 2.74 bits per heavy atom. The number of para-hydroxylation sites is 1. The maximum Gasteiger partial charge on any atom is 0.113 e. The van der Waals surface area contributed by atoms with Crippen LogP contribution in [-0.4, -0.2) is 9.55 Å². The third-order valence-electron chi connectivity index (χ3n) is 3.47. The van der Waals surface area contributed by atoms with Gasteiger partial charge >= 0.3 is 0 Å². The molecule has 0 aliphatic heterocycles. The molecule has 0 fully saturated rings. The lowest BCUT2D eigenvalue weighted by atomic mass is 10.2. The lowest BCUT2D eigenvalue weighted by Gasteiger charge is -2.07. The van der Waals surface area contributed by atoms with E-state index in [2.05, 4.69) is 53.7 Å². The number of rotatable bonds is 3. The number of hydrogen-bond acceptors (Lipinski definition) is 3. The highest BCUT2D eigenvalue weighted by Gasteiger charge is 2.10. The van der Waals surface area contributed by atoms with Crippen molar-refractivity contribution in [2.24, 2.45) is 5.73 Å². The second kappa shape index (κ2) is 4.79. The molecule has 2 aromatic heterocycles. The highest BCUT2D eigenvalue weighted by molar-refractivity contribution is 7.11. The highest BCUT2D eigenvalue weighted by Crippen LogP contribution is 2.23. The molecule has 0 spiro atoms. The van der Waals surface area contributed by atoms with Crippen LogP contribution >= 0.6 is 11.3 Å². The van der Waals surface area contributed by atoms with Gasteiger partial charge in [-0.3, -0.25) is 0 Å². The van der Waals surface area contributed by atoms with E-state index < -0.39 is 0 Å². The number of nitrogens with two attached hydrogens (primary N) is 1.